The van der Waals surface area contributed by atoms with Crippen molar-refractivity contribution in [2.24, 2.45) is 0 Å². The Morgan fingerprint density at radius 3 is 2.08 bits per heavy atom. The van der Waals surface area contributed by atoms with Gasteiger partial charge >= 0.3 is 0 Å². The highest BCUT2D eigenvalue weighted by Gasteiger charge is 2.23. The van der Waals surface area contributed by atoms with Gasteiger partial charge in [0.1, 0.15) is 22.4 Å². The van der Waals surface area contributed by atoms with Gasteiger partial charge in [-0.25, -0.2) is 0 Å². The van der Waals surface area contributed by atoms with Crippen molar-refractivity contribution in [1.29, 1.82) is 0 Å². The molecule has 0 aliphatic rings. The highest BCUT2D eigenvalue weighted by atomic mass is 32.2. The molecule has 9 heteroatoms. The smallest absolute Gasteiger partial charge is 0.272 e. The van der Waals surface area contributed by atoms with Crippen molar-refractivity contribution in [2.75, 3.05) is 24.9 Å². The summed E-state index contributed by atoms with van der Waals surface area (Å²) >= 11 is 1.40. The van der Waals surface area contributed by atoms with E-state index in [1.807, 2.05) is 79.7 Å². The molecular formula is C39H35N3O5S. The molecule has 48 heavy (non-hydrogen) atoms. The van der Waals surface area contributed by atoms with Gasteiger partial charge in [0, 0.05) is 33.5 Å². The van der Waals surface area contributed by atoms with Crippen LogP contribution in [0.2, 0.25) is 0 Å². The maximum atomic E-state index is 13.6. The monoisotopic (exact) mass is 657 g/mol. The number of carbonyl (C=O) groups is 3. The second-order valence-electron chi connectivity index (χ2n) is 10.7. The van der Waals surface area contributed by atoms with Crippen LogP contribution in [-0.4, -0.2) is 31.9 Å². The molecule has 0 bridgehead atoms. The molecule has 8 nitrogen and oxygen atoms in total. The fourth-order valence-electron chi connectivity index (χ4n) is 4.82. The molecule has 5 rings (SSSR count). The standard InChI is InChI=1S/C39H35N3O5S/c1-26-11-10-16-31(23-26)41-39(45)36(27-12-6-4-7-13-27)48-33-21-18-30(19-22-33)40-38(44)34(42-37(43)28-14-8-5-9-15-28)24-29-17-20-32(46-2)25-35(29)47-3/h4-25,36H,1-3H3,(H,40,44)(H,41,45)(H,42,43)/b34-24-. The second kappa shape index (κ2) is 16.2. The first-order chi connectivity index (χ1) is 23.3. The van der Waals surface area contributed by atoms with E-state index >= 15 is 0 Å². The zero-order valence-electron chi connectivity index (χ0n) is 26.7. The molecule has 242 valence electrons. The topological polar surface area (TPSA) is 106 Å². The van der Waals surface area contributed by atoms with Gasteiger partial charge in [0.25, 0.3) is 11.8 Å². The quantitative estimate of drug-likeness (QED) is 0.0931. The van der Waals surface area contributed by atoms with Gasteiger partial charge in [0.2, 0.25) is 5.91 Å². The molecule has 0 heterocycles. The molecule has 0 radical (unpaired) electrons. The Morgan fingerprint density at radius 1 is 0.708 bits per heavy atom. The van der Waals surface area contributed by atoms with Gasteiger partial charge in [-0.15, -0.1) is 11.8 Å². The lowest BCUT2D eigenvalue weighted by atomic mass is 10.1. The van der Waals surface area contributed by atoms with E-state index in [1.54, 1.807) is 67.8 Å². The van der Waals surface area contributed by atoms with Gasteiger partial charge in [-0.05, 0) is 84.8 Å². The van der Waals surface area contributed by atoms with E-state index in [2.05, 4.69) is 16.0 Å². The molecule has 5 aromatic rings. The van der Waals surface area contributed by atoms with Crippen LogP contribution in [0.4, 0.5) is 11.4 Å². The van der Waals surface area contributed by atoms with Crippen LogP contribution in [0.5, 0.6) is 11.5 Å². The molecule has 3 N–H and O–H groups in total. The van der Waals surface area contributed by atoms with Gasteiger partial charge in [-0.2, -0.15) is 0 Å². The third-order valence-electron chi connectivity index (χ3n) is 7.26. The zero-order valence-corrected chi connectivity index (χ0v) is 27.5. The minimum atomic E-state index is -0.530. The van der Waals surface area contributed by atoms with Crippen molar-refractivity contribution >= 4 is 46.9 Å². The SMILES string of the molecule is COc1ccc(/C=C(\NC(=O)c2ccccc2)C(=O)Nc2ccc(SC(C(=O)Nc3cccc(C)c3)c3ccccc3)cc2)c(OC)c1. The molecule has 0 saturated carbocycles. The Kier molecular flexibility index (Phi) is 11.3. The summed E-state index contributed by atoms with van der Waals surface area (Å²) in [5.74, 6) is -0.0609. The summed E-state index contributed by atoms with van der Waals surface area (Å²) in [6.45, 7) is 1.98. The first-order valence-corrected chi connectivity index (χ1v) is 16.0. The van der Waals surface area contributed by atoms with Crippen LogP contribution in [0.3, 0.4) is 0 Å². The normalized spacial score (nSPS) is 11.6. The number of benzene rings is 5. The van der Waals surface area contributed by atoms with Crippen LogP contribution < -0.4 is 25.4 Å². The number of thioether (sulfide) groups is 1. The van der Waals surface area contributed by atoms with E-state index in [4.69, 9.17) is 9.47 Å². The summed E-state index contributed by atoms with van der Waals surface area (Å²) in [5, 5.41) is 8.14. The average molecular weight is 658 g/mol. The fourth-order valence-corrected chi connectivity index (χ4v) is 5.84. The Morgan fingerprint density at radius 2 is 1.42 bits per heavy atom. The van der Waals surface area contributed by atoms with E-state index in [0.29, 0.717) is 28.3 Å². The highest BCUT2D eigenvalue weighted by molar-refractivity contribution is 8.00. The van der Waals surface area contributed by atoms with Gasteiger partial charge in [0.05, 0.1) is 14.2 Å². The predicted molar refractivity (Wildman–Crippen MR) is 191 cm³/mol. The number of nitrogens with one attached hydrogen (secondary N) is 3. The van der Waals surface area contributed by atoms with Crippen molar-refractivity contribution in [3.8, 4) is 11.5 Å². The van der Waals surface area contributed by atoms with E-state index < -0.39 is 17.1 Å². The number of anilines is 2. The molecule has 0 saturated heterocycles. The Bertz CT molecular complexity index is 1910. The zero-order chi connectivity index (χ0) is 33.9. The fraction of sp³-hybridized carbons (Fsp3) is 0.103. The molecule has 0 fully saturated rings. The predicted octanol–water partition coefficient (Wildman–Crippen LogP) is 7.89. The maximum absolute atomic E-state index is 13.6. The van der Waals surface area contributed by atoms with E-state index in [-0.39, 0.29) is 11.6 Å². The second-order valence-corrected chi connectivity index (χ2v) is 11.9. The minimum absolute atomic E-state index is 0.0164. The first kappa shape index (κ1) is 33.6. The van der Waals surface area contributed by atoms with Crippen molar-refractivity contribution in [2.45, 2.75) is 17.1 Å². The molecule has 1 unspecified atom stereocenters. The van der Waals surface area contributed by atoms with Crippen LogP contribution in [0.1, 0.15) is 32.3 Å². The van der Waals surface area contributed by atoms with E-state index in [1.165, 1.54) is 18.9 Å². The molecule has 5 aromatic carbocycles. The Hall–Kier alpha value is -5.80. The van der Waals surface area contributed by atoms with Crippen molar-refractivity contribution in [3.05, 3.63) is 155 Å². The van der Waals surface area contributed by atoms with Crippen molar-refractivity contribution in [1.82, 2.24) is 5.32 Å². The summed E-state index contributed by atoms with van der Waals surface area (Å²) in [7, 11) is 3.07. The summed E-state index contributed by atoms with van der Waals surface area (Å²) in [6, 6.07) is 38.3. The van der Waals surface area contributed by atoms with E-state index in [9.17, 15) is 14.4 Å². The first-order valence-electron chi connectivity index (χ1n) is 15.1. The number of rotatable bonds is 12. The number of amides is 3. The lowest BCUT2D eigenvalue weighted by Crippen LogP contribution is -2.30. The molecule has 1 atom stereocenters. The van der Waals surface area contributed by atoms with Gasteiger partial charge in [-0.3, -0.25) is 14.4 Å². The number of ether oxygens (including phenoxy) is 2. The van der Waals surface area contributed by atoms with E-state index in [0.717, 1.165) is 21.7 Å². The number of hydrogen-bond acceptors (Lipinski definition) is 6. The molecule has 0 aliphatic heterocycles. The van der Waals surface area contributed by atoms with Crippen LogP contribution >= 0.6 is 11.8 Å². The van der Waals surface area contributed by atoms with Crippen LogP contribution in [-0.2, 0) is 9.59 Å². The molecule has 0 aromatic heterocycles. The van der Waals surface area contributed by atoms with Gasteiger partial charge < -0.3 is 25.4 Å². The van der Waals surface area contributed by atoms with Crippen LogP contribution in [0, 0.1) is 6.92 Å². The van der Waals surface area contributed by atoms with Gasteiger partial charge in [-0.1, -0.05) is 60.7 Å². The molecule has 3 amide bonds. The number of methoxy groups -OCH3 is 2. The summed E-state index contributed by atoms with van der Waals surface area (Å²) in [5.41, 5.74) is 4.14. The highest BCUT2D eigenvalue weighted by Crippen LogP contribution is 2.37. The largest absolute Gasteiger partial charge is 0.497 e. The van der Waals surface area contributed by atoms with Crippen molar-refractivity contribution in [3.63, 3.8) is 0 Å². The maximum Gasteiger partial charge on any atom is 0.272 e. The van der Waals surface area contributed by atoms with Crippen molar-refractivity contribution < 1.29 is 23.9 Å². The summed E-state index contributed by atoms with van der Waals surface area (Å²) < 4.78 is 10.8. The Labute approximate surface area is 284 Å². The Balaban J connectivity index is 1.36. The van der Waals surface area contributed by atoms with Crippen LogP contribution in [0.25, 0.3) is 6.08 Å². The summed E-state index contributed by atoms with van der Waals surface area (Å²) in [6.07, 6.45) is 1.55. The third-order valence-corrected chi connectivity index (χ3v) is 8.53. The molecule has 0 spiro atoms. The summed E-state index contributed by atoms with van der Waals surface area (Å²) in [4.78, 5) is 41.0. The molecule has 0 aliphatic carbocycles. The number of hydrogen-bond donors (Lipinski definition) is 3. The van der Waals surface area contributed by atoms with Gasteiger partial charge in [0.15, 0.2) is 0 Å². The number of aryl methyl sites for hydroxylation is 1. The lowest BCUT2D eigenvalue weighted by molar-refractivity contribution is -0.116. The van der Waals surface area contributed by atoms with Crippen LogP contribution in [0.15, 0.2) is 138 Å². The average Bonchev–Trinajstić information content (AvgIpc) is 3.11. The number of carbonyl (C=O) groups excluding carboxylic acids is 3. The lowest BCUT2D eigenvalue weighted by Gasteiger charge is -2.18. The third kappa shape index (κ3) is 8.92. The minimum Gasteiger partial charge on any atom is -0.497 e. The molecular weight excluding hydrogens is 623 g/mol.